The Labute approximate surface area is 119 Å². The van der Waals surface area contributed by atoms with E-state index >= 15 is 0 Å². The number of pyridine rings is 1. The average molecular weight is 322 g/mol. The Hall–Kier alpha value is -1.55. The van der Waals surface area contributed by atoms with Crippen LogP contribution in [0.15, 0.2) is 47.1 Å². The molecule has 98 valence electrons. The molecule has 2 rings (SSSR count). The Morgan fingerprint density at radius 2 is 2.11 bits per heavy atom. The molecule has 2 aromatic rings. The van der Waals surface area contributed by atoms with E-state index in [9.17, 15) is 9.18 Å². The number of halogens is 2. The molecule has 0 unspecified atom stereocenters. The SMILES string of the molecule is O=C(CCc1ccccn1)Cc1ccc(Br)cc1F. The zero-order valence-electron chi connectivity index (χ0n) is 10.3. The predicted molar refractivity (Wildman–Crippen MR) is 75.4 cm³/mol. The summed E-state index contributed by atoms with van der Waals surface area (Å²) in [6.07, 6.45) is 2.81. The van der Waals surface area contributed by atoms with Gasteiger partial charge in [0.2, 0.25) is 0 Å². The van der Waals surface area contributed by atoms with Crippen LogP contribution in [0.4, 0.5) is 4.39 Å². The number of carbonyl (C=O) groups excluding carboxylic acids is 1. The number of rotatable bonds is 5. The van der Waals surface area contributed by atoms with Gasteiger partial charge in [-0.3, -0.25) is 9.78 Å². The van der Waals surface area contributed by atoms with Crippen molar-refractivity contribution in [2.45, 2.75) is 19.3 Å². The molecule has 0 fully saturated rings. The van der Waals surface area contributed by atoms with Crippen molar-refractivity contribution in [2.24, 2.45) is 0 Å². The minimum absolute atomic E-state index is 0.0203. The van der Waals surface area contributed by atoms with Gasteiger partial charge in [-0.2, -0.15) is 0 Å². The van der Waals surface area contributed by atoms with Crippen molar-refractivity contribution >= 4 is 21.7 Å². The number of hydrogen-bond acceptors (Lipinski definition) is 2. The van der Waals surface area contributed by atoms with Gasteiger partial charge in [0.05, 0.1) is 0 Å². The molecule has 0 aliphatic carbocycles. The number of ketones is 1. The zero-order chi connectivity index (χ0) is 13.7. The summed E-state index contributed by atoms with van der Waals surface area (Å²) in [7, 11) is 0. The molecule has 1 aromatic carbocycles. The van der Waals surface area contributed by atoms with E-state index in [1.807, 2.05) is 18.2 Å². The molecule has 0 radical (unpaired) electrons. The minimum Gasteiger partial charge on any atom is -0.299 e. The first-order valence-electron chi connectivity index (χ1n) is 6.00. The smallest absolute Gasteiger partial charge is 0.137 e. The van der Waals surface area contributed by atoms with Gasteiger partial charge in [0.25, 0.3) is 0 Å². The molecule has 0 spiro atoms. The summed E-state index contributed by atoms with van der Waals surface area (Å²) in [5, 5.41) is 0. The Morgan fingerprint density at radius 1 is 1.26 bits per heavy atom. The number of Topliss-reactive ketones (excluding diaryl/α,β-unsaturated/α-hetero) is 1. The first-order valence-corrected chi connectivity index (χ1v) is 6.80. The number of aromatic nitrogens is 1. The second kappa shape index (κ2) is 6.57. The van der Waals surface area contributed by atoms with Crippen LogP contribution in [-0.2, 0) is 17.6 Å². The van der Waals surface area contributed by atoms with Crippen LogP contribution >= 0.6 is 15.9 Å². The van der Waals surface area contributed by atoms with Crippen molar-refractivity contribution in [3.8, 4) is 0 Å². The van der Waals surface area contributed by atoms with E-state index in [0.717, 1.165) is 5.69 Å². The van der Waals surface area contributed by atoms with Crippen molar-refractivity contribution in [1.82, 2.24) is 4.98 Å². The highest BCUT2D eigenvalue weighted by Crippen LogP contribution is 2.16. The summed E-state index contributed by atoms with van der Waals surface area (Å²) in [5.41, 5.74) is 1.32. The monoisotopic (exact) mass is 321 g/mol. The molecule has 0 saturated heterocycles. The number of hydrogen-bond donors (Lipinski definition) is 0. The lowest BCUT2D eigenvalue weighted by Gasteiger charge is -2.03. The highest BCUT2D eigenvalue weighted by atomic mass is 79.9. The molecule has 0 atom stereocenters. The van der Waals surface area contributed by atoms with Gasteiger partial charge in [-0.25, -0.2) is 4.39 Å². The normalized spacial score (nSPS) is 10.4. The predicted octanol–water partition coefficient (Wildman–Crippen LogP) is 3.73. The number of carbonyl (C=O) groups is 1. The molecule has 0 N–H and O–H groups in total. The fourth-order valence-electron chi connectivity index (χ4n) is 1.78. The molecule has 2 nitrogen and oxygen atoms in total. The first-order chi connectivity index (χ1) is 9.15. The summed E-state index contributed by atoms with van der Waals surface area (Å²) in [4.78, 5) is 16.0. The summed E-state index contributed by atoms with van der Waals surface area (Å²) < 4.78 is 14.3. The highest BCUT2D eigenvalue weighted by Gasteiger charge is 2.09. The maximum absolute atomic E-state index is 13.6. The van der Waals surface area contributed by atoms with Gasteiger partial charge in [0.1, 0.15) is 11.6 Å². The highest BCUT2D eigenvalue weighted by molar-refractivity contribution is 9.10. The molecular weight excluding hydrogens is 309 g/mol. The van der Waals surface area contributed by atoms with Crippen molar-refractivity contribution < 1.29 is 9.18 Å². The van der Waals surface area contributed by atoms with Crippen molar-refractivity contribution in [1.29, 1.82) is 0 Å². The summed E-state index contributed by atoms with van der Waals surface area (Å²) >= 11 is 3.19. The van der Waals surface area contributed by atoms with Crippen LogP contribution in [0.3, 0.4) is 0 Å². The molecule has 0 aliphatic heterocycles. The Morgan fingerprint density at radius 3 is 2.79 bits per heavy atom. The topological polar surface area (TPSA) is 30.0 Å². The first kappa shape index (κ1) is 13.9. The van der Waals surface area contributed by atoms with E-state index in [0.29, 0.717) is 22.9 Å². The number of nitrogens with zero attached hydrogens (tertiary/aromatic N) is 1. The standard InChI is InChI=1S/C15H13BrFNO/c16-12-5-4-11(15(17)10-12)9-14(19)7-6-13-3-1-2-8-18-13/h1-5,8,10H,6-7,9H2. The number of aryl methyl sites for hydroxylation is 1. The lowest BCUT2D eigenvalue weighted by molar-refractivity contribution is -0.118. The maximum atomic E-state index is 13.6. The van der Waals surface area contributed by atoms with Crippen LogP contribution in [0, 0.1) is 5.82 Å². The van der Waals surface area contributed by atoms with Crippen LogP contribution in [0.5, 0.6) is 0 Å². The second-order valence-electron chi connectivity index (χ2n) is 4.27. The van der Waals surface area contributed by atoms with E-state index in [1.54, 1.807) is 18.3 Å². The average Bonchev–Trinajstić information content (AvgIpc) is 2.41. The van der Waals surface area contributed by atoms with Crippen molar-refractivity contribution in [3.05, 3.63) is 64.1 Å². The van der Waals surface area contributed by atoms with Gasteiger partial charge in [-0.1, -0.05) is 28.1 Å². The van der Waals surface area contributed by atoms with Crippen LogP contribution in [-0.4, -0.2) is 10.8 Å². The van der Waals surface area contributed by atoms with Crippen LogP contribution in [0.1, 0.15) is 17.7 Å². The quantitative estimate of drug-likeness (QED) is 0.840. The molecule has 0 amide bonds. The Kier molecular flexibility index (Phi) is 4.80. The molecule has 0 bridgehead atoms. The van der Waals surface area contributed by atoms with Gasteiger partial charge < -0.3 is 0 Å². The van der Waals surface area contributed by atoms with Crippen molar-refractivity contribution in [2.75, 3.05) is 0 Å². The van der Waals surface area contributed by atoms with E-state index < -0.39 is 0 Å². The second-order valence-corrected chi connectivity index (χ2v) is 5.19. The lowest BCUT2D eigenvalue weighted by Crippen LogP contribution is -2.06. The Bertz CT molecular complexity index is 572. The minimum atomic E-state index is -0.347. The Balaban J connectivity index is 1.91. The van der Waals surface area contributed by atoms with Gasteiger partial charge in [-0.15, -0.1) is 0 Å². The molecule has 0 saturated carbocycles. The van der Waals surface area contributed by atoms with Crippen LogP contribution in [0.2, 0.25) is 0 Å². The molecule has 4 heteroatoms. The fraction of sp³-hybridized carbons (Fsp3) is 0.200. The largest absolute Gasteiger partial charge is 0.299 e. The van der Waals surface area contributed by atoms with Crippen LogP contribution in [0.25, 0.3) is 0 Å². The van der Waals surface area contributed by atoms with Gasteiger partial charge in [0, 0.05) is 29.2 Å². The van der Waals surface area contributed by atoms with Gasteiger partial charge in [-0.05, 0) is 36.2 Å². The summed E-state index contributed by atoms with van der Waals surface area (Å²) in [5.74, 6) is -0.326. The van der Waals surface area contributed by atoms with E-state index in [-0.39, 0.29) is 18.0 Å². The van der Waals surface area contributed by atoms with E-state index in [1.165, 1.54) is 6.07 Å². The number of benzene rings is 1. The third kappa shape index (κ3) is 4.24. The zero-order valence-corrected chi connectivity index (χ0v) is 11.9. The van der Waals surface area contributed by atoms with Gasteiger partial charge in [0.15, 0.2) is 0 Å². The molecule has 1 heterocycles. The van der Waals surface area contributed by atoms with Crippen molar-refractivity contribution in [3.63, 3.8) is 0 Å². The molecule has 1 aromatic heterocycles. The van der Waals surface area contributed by atoms with E-state index in [2.05, 4.69) is 20.9 Å². The fourth-order valence-corrected chi connectivity index (χ4v) is 2.11. The van der Waals surface area contributed by atoms with E-state index in [4.69, 9.17) is 0 Å². The maximum Gasteiger partial charge on any atom is 0.137 e. The summed E-state index contributed by atoms with van der Waals surface area (Å²) in [6, 6.07) is 10.4. The molecule has 0 aliphatic rings. The van der Waals surface area contributed by atoms with Crippen LogP contribution < -0.4 is 0 Å². The van der Waals surface area contributed by atoms with Gasteiger partial charge >= 0.3 is 0 Å². The third-order valence-electron chi connectivity index (χ3n) is 2.79. The molecule has 19 heavy (non-hydrogen) atoms. The third-order valence-corrected chi connectivity index (χ3v) is 3.28. The summed E-state index contributed by atoms with van der Waals surface area (Å²) in [6.45, 7) is 0. The lowest BCUT2D eigenvalue weighted by atomic mass is 10.0. The molecular formula is C15H13BrFNO.